The summed E-state index contributed by atoms with van der Waals surface area (Å²) in [7, 11) is 0. The van der Waals surface area contributed by atoms with Gasteiger partial charge in [-0.15, -0.1) is 0 Å². The summed E-state index contributed by atoms with van der Waals surface area (Å²) in [5.74, 6) is 0.0494. The standard InChI is InChI=1S/C19H9F6N/c20-15-6-11(2-1-3-19(24)25)7-16(21)13(15)5-4-12-8-17(22)14(10-26)18(23)9-12/h3,6-9H,1-2H2. The lowest BCUT2D eigenvalue weighted by Gasteiger charge is -2.03. The van der Waals surface area contributed by atoms with Gasteiger partial charge < -0.3 is 0 Å². The predicted octanol–water partition coefficient (Wildman–Crippen LogP) is 5.23. The quantitative estimate of drug-likeness (QED) is 0.540. The van der Waals surface area contributed by atoms with Gasteiger partial charge in [-0.1, -0.05) is 11.8 Å². The maximum absolute atomic E-state index is 14.0. The molecular weight excluding hydrogens is 356 g/mol. The van der Waals surface area contributed by atoms with E-state index in [1.165, 1.54) is 6.07 Å². The highest BCUT2D eigenvalue weighted by atomic mass is 19.3. The Hall–Kier alpha value is -3.19. The number of hydrogen-bond donors (Lipinski definition) is 0. The van der Waals surface area contributed by atoms with Gasteiger partial charge in [0.25, 0.3) is 6.08 Å². The summed E-state index contributed by atoms with van der Waals surface area (Å²) in [4.78, 5) is 0. The normalized spacial score (nSPS) is 9.88. The molecule has 0 amide bonds. The predicted molar refractivity (Wildman–Crippen MR) is 82.0 cm³/mol. The van der Waals surface area contributed by atoms with Crippen LogP contribution in [0.5, 0.6) is 0 Å². The number of nitriles is 1. The van der Waals surface area contributed by atoms with Gasteiger partial charge >= 0.3 is 0 Å². The topological polar surface area (TPSA) is 23.8 Å². The molecule has 132 valence electrons. The highest BCUT2D eigenvalue weighted by molar-refractivity contribution is 5.47. The van der Waals surface area contributed by atoms with E-state index in [9.17, 15) is 26.3 Å². The molecule has 0 aromatic heterocycles. The van der Waals surface area contributed by atoms with E-state index in [1.54, 1.807) is 0 Å². The number of benzene rings is 2. The van der Waals surface area contributed by atoms with Gasteiger partial charge in [0, 0.05) is 5.56 Å². The number of halogens is 6. The molecular formula is C19H9F6N. The maximum Gasteiger partial charge on any atom is 0.266 e. The average Bonchev–Trinajstić information content (AvgIpc) is 2.53. The molecule has 0 spiro atoms. The van der Waals surface area contributed by atoms with Gasteiger partial charge in [-0.2, -0.15) is 14.0 Å². The summed E-state index contributed by atoms with van der Waals surface area (Å²) in [6, 6.07) is 4.80. The lowest BCUT2D eigenvalue weighted by Crippen LogP contribution is -1.95. The molecule has 0 N–H and O–H groups in total. The molecule has 0 aliphatic heterocycles. The van der Waals surface area contributed by atoms with Gasteiger partial charge in [0.2, 0.25) is 0 Å². The van der Waals surface area contributed by atoms with E-state index >= 15 is 0 Å². The van der Waals surface area contributed by atoms with E-state index in [0.717, 1.165) is 24.3 Å². The first-order valence-electron chi connectivity index (χ1n) is 7.22. The van der Waals surface area contributed by atoms with Gasteiger partial charge in [-0.25, -0.2) is 17.6 Å². The Labute approximate surface area is 145 Å². The van der Waals surface area contributed by atoms with Crippen LogP contribution in [-0.4, -0.2) is 0 Å². The van der Waals surface area contributed by atoms with Crippen LogP contribution in [0.2, 0.25) is 0 Å². The molecule has 0 unspecified atom stereocenters. The van der Waals surface area contributed by atoms with Crippen LogP contribution in [0.4, 0.5) is 26.3 Å². The monoisotopic (exact) mass is 365 g/mol. The van der Waals surface area contributed by atoms with Gasteiger partial charge in [0.15, 0.2) is 0 Å². The van der Waals surface area contributed by atoms with Crippen molar-refractivity contribution in [2.75, 3.05) is 0 Å². The largest absolute Gasteiger partial charge is 0.266 e. The summed E-state index contributed by atoms with van der Waals surface area (Å²) < 4.78 is 78.8. The molecule has 0 aliphatic carbocycles. The molecule has 0 radical (unpaired) electrons. The fraction of sp³-hybridized carbons (Fsp3) is 0.105. The van der Waals surface area contributed by atoms with E-state index in [0.29, 0.717) is 6.08 Å². The first kappa shape index (κ1) is 19.1. The summed E-state index contributed by atoms with van der Waals surface area (Å²) in [5, 5.41) is 8.58. The number of hydrogen-bond acceptors (Lipinski definition) is 1. The van der Waals surface area contributed by atoms with Crippen molar-refractivity contribution in [1.29, 1.82) is 5.26 Å². The molecule has 2 rings (SSSR count). The number of rotatable bonds is 3. The Bertz CT molecular complexity index is 926. The van der Waals surface area contributed by atoms with Crippen LogP contribution in [0, 0.1) is 46.4 Å². The Balaban J connectivity index is 2.30. The van der Waals surface area contributed by atoms with Crippen LogP contribution in [0.3, 0.4) is 0 Å². The van der Waals surface area contributed by atoms with Crippen molar-refractivity contribution in [3.05, 3.63) is 81.9 Å². The minimum Gasteiger partial charge on any atom is -0.206 e. The summed E-state index contributed by atoms with van der Waals surface area (Å²) >= 11 is 0. The van der Waals surface area contributed by atoms with Crippen molar-refractivity contribution >= 4 is 0 Å². The van der Waals surface area contributed by atoms with Crippen LogP contribution in [-0.2, 0) is 6.42 Å². The van der Waals surface area contributed by atoms with Crippen LogP contribution >= 0.6 is 0 Å². The third-order valence-electron chi connectivity index (χ3n) is 3.32. The van der Waals surface area contributed by atoms with Gasteiger partial charge in [-0.3, -0.25) is 0 Å². The number of allylic oxidation sites excluding steroid dienone is 1. The molecule has 0 aliphatic rings. The Kier molecular flexibility index (Phi) is 6.08. The zero-order chi connectivity index (χ0) is 19.3. The number of nitrogens with zero attached hydrogens (tertiary/aromatic N) is 1. The summed E-state index contributed by atoms with van der Waals surface area (Å²) in [6.45, 7) is 0. The van der Waals surface area contributed by atoms with Crippen molar-refractivity contribution < 1.29 is 26.3 Å². The second-order valence-electron chi connectivity index (χ2n) is 5.14. The van der Waals surface area contributed by atoms with Crippen molar-refractivity contribution in [3.8, 4) is 17.9 Å². The van der Waals surface area contributed by atoms with E-state index in [-0.39, 0.29) is 24.0 Å². The van der Waals surface area contributed by atoms with Crippen LogP contribution in [0.25, 0.3) is 0 Å². The molecule has 0 bridgehead atoms. The molecule has 26 heavy (non-hydrogen) atoms. The van der Waals surface area contributed by atoms with E-state index in [2.05, 4.69) is 11.8 Å². The van der Waals surface area contributed by atoms with E-state index in [4.69, 9.17) is 5.26 Å². The van der Waals surface area contributed by atoms with Crippen LogP contribution in [0.15, 0.2) is 36.4 Å². The van der Waals surface area contributed by atoms with Crippen LogP contribution < -0.4 is 0 Å². The van der Waals surface area contributed by atoms with Crippen molar-refractivity contribution in [1.82, 2.24) is 0 Å². The molecule has 2 aromatic rings. The minimum atomic E-state index is -1.88. The fourth-order valence-corrected chi connectivity index (χ4v) is 2.12. The molecule has 0 fully saturated rings. The Morgan fingerprint density at radius 3 is 1.88 bits per heavy atom. The third kappa shape index (κ3) is 4.67. The molecule has 0 heterocycles. The van der Waals surface area contributed by atoms with Crippen molar-refractivity contribution in [3.63, 3.8) is 0 Å². The first-order chi connectivity index (χ1) is 12.3. The van der Waals surface area contributed by atoms with E-state index in [1.807, 2.05) is 0 Å². The second-order valence-corrected chi connectivity index (χ2v) is 5.14. The van der Waals surface area contributed by atoms with Gasteiger partial charge in [0.1, 0.15) is 34.9 Å². The minimum absolute atomic E-state index is 0.00489. The molecule has 2 aromatic carbocycles. The van der Waals surface area contributed by atoms with E-state index < -0.39 is 40.5 Å². The molecule has 0 saturated heterocycles. The highest BCUT2D eigenvalue weighted by Gasteiger charge is 2.11. The molecule has 7 heteroatoms. The fourth-order valence-electron chi connectivity index (χ4n) is 2.12. The molecule has 0 saturated carbocycles. The van der Waals surface area contributed by atoms with Crippen molar-refractivity contribution in [2.45, 2.75) is 12.8 Å². The van der Waals surface area contributed by atoms with Gasteiger partial charge in [-0.05, 0) is 48.7 Å². The Morgan fingerprint density at radius 1 is 0.846 bits per heavy atom. The van der Waals surface area contributed by atoms with Crippen LogP contribution in [0.1, 0.15) is 28.7 Å². The average molecular weight is 365 g/mol. The third-order valence-corrected chi connectivity index (χ3v) is 3.32. The second kappa shape index (κ2) is 8.26. The zero-order valence-corrected chi connectivity index (χ0v) is 13.0. The number of aryl methyl sites for hydroxylation is 1. The summed E-state index contributed by atoms with van der Waals surface area (Å²) in [6.07, 6.45) is -1.33. The molecule has 1 nitrogen and oxygen atoms in total. The van der Waals surface area contributed by atoms with Gasteiger partial charge in [0.05, 0.1) is 5.56 Å². The lowest BCUT2D eigenvalue weighted by atomic mass is 10.1. The molecule has 0 atom stereocenters. The SMILES string of the molecule is N#Cc1c(F)cc(C#Cc2c(F)cc(CCC=C(F)F)cc2F)cc1F. The zero-order valence-electron chi connectivity index (χ0n) is 13.0. The Morgan fingerprint density at radius 2 is 1.38 bits per heavy atom. The smallest absolute Gasteiger partial charge is 0.206 e. The highest BCUT2D eigenvalue weighted by Crippen LogP contribution is 2.18. The first-order valence-corrected chi connectivity index (χ1v) is 7.22. The summed E-state index contributed by atoms with van der Waals surface area (Å²) in [5.41, 5.74) is -1.44. The lowest BCUT2D eigenvalue weighted by molar-refractivity contribution is 0.417. The van der Waals surface area contributed by atoms with Crippen molar-refractivity contribution in [2.24, 2.45) is 0 Å². The maximum atomic E-state index is 14.0.